The second-order valence-electron chi connectivity index (χ2n) is 8.77. The lowest BCUT2D eigenvalue weighted by Gasteiger charge is -2.18. The van der Waals surface area contributed by atoms with Gasteiger partial charge in [0.05, 0.1) is 16.6 Å². The highest BCUT2D eigenvalue weighted by atomic mass is 33.5. The average molecular weight is 1650 g/mol. The van der Waals surface area contributed by atoms with E-state index in [4.69, 9.17) is 28.1 Å². The number of hydrogen-bond donors (Lipinski definition) is 2. The molecule has 4 nitrogen and oxygen atoms in total. The number of aromatic nitrogens is 3. The number of anilines is 1. The summed E-state index contributed by atoms with van der Waals surface area (Å²) in [5, 5.41) is 0. The van der Waals surface area contributed by atoms with Crippen LogP contribution in [0, 0.1) is 0 Å². The first-order valence-electron chi connectivity index (χ1n) is 13.7. The van der Waals surface area contributed by atoms with Crippen molar-refractivity contribution in [3.63, 3.8) is 0 Å². The smallest absolute Gasteiger partial charge is 0.142 e. The molecule has 3 rings (SSSR count). The van der Waals surface area contributed by atoms with Crippen LogP contribution in [0.5, 0.6) is 0 Å². The van der Waals surface area contributed by atoms with Crippen molar-refractivity contribution in [1.29, 1.82) is 0 Å². The quantitative estimate of drug-likeness (QED) is 0.392. The van der Waals surface area contributed by atoms with Crippen molar-refractivity contribution < 1.29 is 0 Å². The molecule has 0 aliphatic rings. The van der Waals surface area contributed by atoms with Gasteiger partial charge in [-0.3, -0.25) is 0 Å². The Morgan fingerprint density at radius 1 is 0.397 bits per heavy atom. The van der Waals surface area contributed by atoms with E-state index in [0.717, 1.165) is 28.1 Å². The zero-order chi connectivity index (χ0) is 45.3. The summed E-state index contributed by atoms with van der Waals surface area (Å²) in [6.07, 6.45) is 0. The maximum absolute atomic E-state index is 6.10. The van der Waals surface area contributed by atoms with Gasteiger partial charge in [-0.05, 0) is 24.3 Å². The second kappa shape index (κ2) is 48.7. The van der Waals surface area contributed by atoms with Gasteiger partial charge in [0.2, 0.25) is 0 Å². The standard InChI is InChI=1S/C16H18N4.S43/c1-16(2,3)13-9-8-10(14(17)20-13)15-18-11-6-4-5-7-12(11)19-15;1-3-5-7-9-11-13-15-17-19-21-23-25-27-29-31-33-35-37-39-41-43-42-40-38-36-34-32-30-28-26-24-22-20-18-16-14-12-10-8-6-4-2/h4-9H,1-3H3,(H2,17,20)(H,18,19);. The Morgan fingerprint density at radius 3 is 0.937 bits per heavy atom. The number of nitrogens with zero attached hydrogens (tertiary/aromatic N) is 2. The Hall–Kier alpha value is 7.10. The summed E-state index contributed by atoms with van der Waals surface area (Å²) < 4.78 is 0. The third-order valence-electron chi connectivity index (χ3n) is 4.45. The molecule has 0 spiro atoms. The molecule has 0 amide bonds. The molecular formula is C16H18N4S43. The molecule has 63 heavy (non-hydrogen) atoms. The van der Waals surface area contributed by atoms with Crippen LogP contribution in [-0.4, -0.2) is 15.0 Å². The predicted octanol–water partition coefficient (Wildman–Crippen LogP) is 3.40. The zero-order valence-corrected chi connectivity index (χ0v) is 64.6. The number of nitrogens with two attached hydrogens (primary N) is 1. The first-order chi connectivity index (χ1) is 30.9. The highest BCUT2D eigenvalue weighted by Crippen LogP contribution is 2.28. The number of nitrogens with one attached hydrogen (secondary N) is 1. The molecule has 1 aromatic carbocycles. The molecule has 3 aromatic rings. The van der Waals surface area contributed by atoms with Crippen molar-refractivity contribution in [2.24, 2.45) is 0 Å². The number of fused-ring (bicyclic) bond motifs is 1. The van der Waals surface area contributed by atoms with Gasteiger partial charge in [0.15, 0.2) is 0 Å². The van der Waals surface area contributed by atoms with Crippen LogP contribution >= 0.6 is 0 Å². The number of rotatable bonds is 1. The Balaban J connectivity index is 0.000000557. The van der Waals surface area contributed by atoms with E-state index < -0.39 is 0 Å². The maximum Gasteiger partial charge on any atom is 0.142 e. The SMILES string of the molecule is CC(C)(C)c1ccc(-c2nc3ccccc3[nH]2)c(N)n1.S=S=S=S=S=S=S=S=S=S=S=S=S=S=S=S=S=S=S=S=S=S=S=S=S=S=S=S=S=S=S=S=S=S=S=S=S=S=S=S=S=S=S. The Kier molecular flexibility index (Phi) is 51.2. The number of imidazole rings is 1. The summed E-state index contributed by atoms with van der Waals surface area (Å²) in [6.45, 7) is 6.36. The summed E-state index contributed by atoms with van der Waals surface area (Å²) in [4.78, 5) is 12.3. The Bertz CT molecular complexity index is 3860. The number of benzene rings is 1. The first-order valence-corrected chi connectivity index (χ1v) is 69.7. The van der Waals surface area contributed by atoms with Gasteiger partial charge in [-0.25, -0.2) is 9.97 Å². The van der Waals surface area contributed by atoms with Crippen LogP contribution in [0.25, 0.3) is 22.4 Å². The van der Waals surface area contributed by atoms with Crippen LogP contribution in [0.1, 0.15) is 26.5 Å². The normalized spacial score (nSPS) is 9.06. The number of pyridine rings is 1. The van der Waals surface area contributed by atoms with E-state index in [2.05, 4.69) is 35.7 Å². The summed E-state index contributed by atoms with van der Waals surface area (Å²) >= 11 is 9.61. The lowest BCUT2D eigenvalue weighted by Crippen LogP contribution is -2.14. The minimum absolute atomic E-state index is 0.0134. The van der Waals surface area contributed by atoms with E-state index >= 15 is 0 Å². The fraction of sp³-hybridized carbons (Fsp3) is 0.250. The predicted molar refractivity (Wildman–Crippen MR) is 399 cm³/mol. The van der Waals surface area contributed by atoms with Gasteiger partial charge in [0, 0.05) is 398 Å². The van der Waals surface area contributed by atoms with Crippen LogP contribution < -0.4 is 5.73 Å². The summed E-state index contributed by atoms with van der Waals surface area (Å²) in [5.74, 6) is 1.27. The van der Waals surface area contributed by atoms with Crippen molar-refractivity contribution in [3.05, 3.63) is 42.1 Å². The van der Waals surface area contributed by atoms with Gasteiger partial charge in [-0.1, -0.05) is 32.9 Å². The van der Waals surface area contributed by atoms with E-state index in [1.165, 1.54) is 17.8 Å². The highest BCUT2D eigenvalue weighted by molar-refractivity contribution is 8.81. The average Bonchev–Trinajstić information content (AvgIpc) is 3.71. The van der Waals surface area contributed by atoms with Crippen molar-refractivity contribution >= 4 is 403 Å². The van der Waals surface area contributed by atoms with E-state index in [9.17, 15) is 0 Å². The molecule has 360 valence electrons. The van der Waals surface area contributed by atoms with Crippen LogP contribution in [0.3, 0.4) is 0 Å². The van der Waals surface area contributed by atoms with Gasteiger partial charge in [-0.2, -0.15) is 0 Å². The fourth-order valence-corrected chi connectivity index (χ4v) is 110. The third-order valence-corrected chi connectivity index (χ3v) is 93.3. The molecule has 0 unspecified atom stereocenters. The molecule has 0 radical (unpaired) electrons. The molecule has 3 N–H and O–H groups in total. The maximum atomic E-state index is 6.10. The monoisotopic (exact) mass is 1640 g/mol. The summed E-state index contributed by atoms with van der Waals surface area (Å²) in [5.41, 5.74) is 9.84. The minimum atomic E-state index is -0.0134. The van der Waals surface area contributed by atoms with Crippen LogP contribution in [0.2, 0.25) is 0 Å². The number of para-hydroxylation sites is 2. The Labute approximate surface area is 491 Å². The van der Waals surface area contributed by atoms with Gasteiger partial charge in [0.1, 0.15) is 11.6 Å². The fourth-order valence-electron chi connectivity index (χ4n) is 2.62. The van der Waals surface area contributed by atoms with E-state index in [-0.39, 0.29) is 5.41 Å². The van der Waals surface area contributed by atoms with Crippen molar-refractivity contribution in [2.75, 3.05) is 5.73 Å². The van der Waals surface area contributed by atoms with Crippen LogP contribution in [0.4, 0.5) is 5.82 Å². The number of hydrogen-bond acceptors (Lipinski definition) is 5. The van der Waals surface area contributed by atoms with Gasteiger partial charge >= 0.3 is 0 Å². The van der Waals surface area contributed by atoms with Crippen LogP contribution in [-0.2, 0) is 392 Å². The molecule has 0 saturated heterocycles. The zero-order valence-electron chi connectivity index (χ0n) is 29.5. The van der Waals surface area contributed by atoms with E-state index in [1.54, 1.807) is 107 Å². The number of H-pyrrole nitrogens is 1. The Morgan fingerprint density at radius 2 is 0.683 bits per heavy atom. The molecule has 0 fully saturated rings. The molecule has 0 aliphatic carbocycles. The van der Waals surface area contributed by atoms with Gasteiger partial charge < -0.3 is 10.7 Å². The topological polar surface area (TPSA) is 67.6 Å². The lowest BCUT2D eigenvalue weighted by molar-refractivity contribution is 0.570. The molecule has 0 saturated carbocycles. The highest BCUT2D eigenvalue weighted by Gasteiger charge is 2.18. The van der Waals surface area contributed by atoms with Crippen molar-refractivity contribution in [1.82, 2.24) is 15.0 Å². The molecule has 47 heteroatoms. The molecule has 2 aromatic heterocycles. The van der Waals surface area contributed by atoms with Gasteiger partial charge in [0.25, 0.3) is 0 Å². The van der Waals surface area contributed by atoms with E-state index in [1.807, 2.05) is 276 Å². The van der Waals surface area contributed by atoms with E-state index in [0.29, 0.717) is 5.82 Å². The molecular weight excluding hydrogens is 1630 g/mol. The lowest BCUT2D eigenvalue weighted by atomic mass is 9.91. The largest absolute Gasteiger partial charge is 0.383 e. The summed E-state index contributed by atoms with van der Waals surface area (Å²) in [6, 6.07) is 11.9. The summed E-state index contributed by atoms with van der Waals surface area (Å²) in [7, 11) is 72.9. The molecule has 0 bridgehead atoms. The minimum Gasteiger partial charge on any atom is -0.383 e. The van der Waals surface area contributed by atoms with Crippen molar-refractivity contribution in [2.45, 2.75) is 26.2 Å². The molecule has 0 atom stereocenters. The number of nitrogen functional groups attached to an aromatic ring is 1. The second-order valence-corrected chi connectivity index (χ2v) is 81.3. The van der Waals surface area contributed by atoms with Crippen molar-refractivity contribution in [3.8, 4) is 11.4 Å². The molecule has 0 aliphatic heterocycles. The number of aromatic amines is 1. The first kappa shape index (κ1) is 66.2. The van der Waals surface area contributed by atoms with Gasteiger partial charge in [-0.15, -0.1) is 0 Å². The molecule has 2 heterocycles. The van der Waals surface area contributed by atoms with Crippen LogP contribution in [0.15, 0.2) is 36.4 Å². The third kappa shape index (κ3) is 39.2.